The summed E-state index contributed by atoms with van der Waals surface area (Å²) >= 11 is 3.18. The largest absolute Gasteiger partial charge is 0.457 e. The molecule has 1 aromatic heterocycles. The average molecular weight is 283 g/mol. The lowest BCUT2D eigenvalue weighted by Gasteiger charge is -2.31. The second-order valence-corrected chi connectivity index (χ2v) is 4.47. The lowest BCUT2D eigenvalue weighted by atomic mass is 10.0. The van der Waals surface area contributed by atoms with E-state index in [1.54, 1.807) is 11.0 Å². The fourth-order valence-corrected chi connectivity index (χ4v) is 2.32. The van der Waals surface area contributed by atoms with Crippen molar-refractivity contribution in [1.82, 2.24) is 4.90 Å². The maximum atomic E-state index is 12.1. The van der Waals surface area contributed by atoms with Crippen molar-refractivity contribution in [3.63, 3.8) is 0 Å². The highest BCUT2D eigenvalue weighted by Crippen LogP contribution is 2.24. The average Bonchev–Trinajstić information content (AvgIpc) is 2.74. The number of rotatable bonds is 1. The first-order valence-corrected chi connectivity index (χ1v) is 5.97. The minimum Gasteiger partial charge on any atom is -0.457 e. The molecule has 0 saturated carbocycles. The zero-order valence-electron chi connectivity index (χ0n) is 8.65. The Bertz CT molecular complexity index is 435. The van der Waals surface area contributed by atoms with E-state index >= 15 is 0 Å². The van der Waals surface area contributed by atoms with Crippen molar-refractivity contribution < 1.29 is 9.21 Å². The molecule has 2 rings (SSSR count). The van der Waals surface area contributed by atoms with Crippen LogP contribution in [0.15, 0.2) is 21.4 Å². The highest BCUT2D eigenvalue weighted by atomic mass is 79.9. The smallest absolute Gasteiger partial charge is 0.259 e. The van der Waals surface area contributed by atoms with Gasteiger partial charge in [0.2, 0.25) is 0 Å². The van der Waals surface area contributed by atoms with Gasteiger partial charge in [0.1, 0.15) is 6.04 Å². The third-order valence-electron chi connectivity index (χ3n) is 2.76. The number of nitriles is 1. The van der Waals surface area contributed by atoms with E-state index in [4.69, 9.17) is 9.68 Å². The Hall–Kier alpha value is -1.28. The minimum atomic E-state index is -0.303. The standard InChI is InChI=1S/C11H11BrN2O2/c12-10-9(4-6-16-10)11(15)14-5-2-1-3-8(14)7-13/h4,6,8H,1-3,5H2. The molecule has 1 aliphatic heterocycles. The van der Waals surface area contributed by atoms with Gasteiger partial charge in [-0.05, 0) is 41.3 Å². The van der Waals surface area contributed by atoms with Crippen molar-refractivity contribution in [2.45, 2.75) is 25.3 Å². The number of hydrogen-bond donors (Lipinski definition) is 0. The van der Waals surface area contributed by atoms with E-state index in [1.807, 2.05) is 0 Å². The molecule has 1 fully saturated rings. The van der Waals surface area contributed by atoms with Gasteiger partial charge >= 0.3 is 0 Å². The summed E-state index contributed by atoms with van der Waals surface area (Å²) in [5.74, 6) is -0.133. The summed E-state index contributed by atoms with van der Waals surface area (Å²) in [7, 11) is 0. The SMILES string of the molecule is N#CC1CCCCN1C(=O)c1ccoc1Br. The van der Waals surface area contributed by atoms with Crippen molar-refractivity contribution in [1.29, 1.82) is 5.26 Å². The Morgan fingerprint density at radius 2 is 2.44 bits per heavy atom. The van der Waals surface area contributed by atoms with Gasteiger partial charge in [0.25, 0.3) is 5.91 Å². The van der Waals surface area contributed by atoms with Crippen molar-refractivity contribution in [2.75, 3.05) is 6.54 Å². The summed E-state index contributed by atoms with van der Waals surface area (Å²) in [4.78, 5) is 13.8. The quantitative estimate of drug-likeness (QED) is 0.795. The zero-order chi connectivity index (χ0) is 11.5. The van der Waals surface area contributed by atoms with E-state index in [1.165, 1.54) is 6.26 Å². The maximum absolute atomic E-state index is 12.1. The monoisotopic (exact) mass is 282 g/mol. The lowest BCUT2D eigenvalue weighted by Crippen LogP contribution is -2.42. The first-order chi connectivity index (χ1) is 7.74. The van der Waals surface area contributed by atoms with Crippen molar-refractivity contribution in [3.8, 4) is 6.07 Å². The number of nitrogens with zero attached hydrogens (tertiary/aromatic N) is 2. The fraction of sp³-hybridized carbons (Fsp3) is 0.455. The third-order valence-corrected chi connectivity index (χ3v) is 3.38. The molecule has 84 valence electrons. The van der Waals surface area contributed by atoms with Gasteiger partial charge in [-0.1, -0.05) is 0 Å². The van der Waals surface area contributed by atoms with Gasteiger partial charge in [-0.3, -0.25) is 4.79 Å². The van der Waals surface area contributed by atoms with Crippen LogP contribution in [0, 0.1) is 11.3 Å². The van der Waals surface area contributed by atoms with E-state index in [9.17, 15) is 4.79 Å². The first-order valence-electron chi connectivity index (χ1n) is 5.17. The third kappa shape index (κ3) is 1.98. The van der Waals surface area contributed by atoms with Crippen LogP contribution < -0.4 is 0 Å². The van der Waals surface area contributed by atoms with Crippen LogP contribution in [0.25, 0.3) is 0 Å². The molecule has 0 aliphatic carbocycles. The molecule has 1 atom stereocenters. The maximum Gasteiger partial charge on any atom is 0.259 e. The normalized spacial score (nSPS) is 20.5. The van der Waals surface area contributed by atoms with Crippen LogP contribution in [-0.4, -0.2) is 23.4 Å². The first kappa shape index (κ1) is 11.2. The summed E-state index contributed by atoms with van der Waals surface area (Å²) < 4.78 is 5.46. The molecule has 1 aromatic rings. The van der Waals surface area contributed by atoms with Gasteiger partial charge < -0.3 is 9.32 Å². The predicted octanol–water partition coefficient (Wildman–Crippen LogP) is 2.56. The van der Waals surface area contributed by atoms with Gasteiger partial charge in [0.15, 0.2) is 4.67 Å². The molecule has 16 heavy (non-hydrogen) atoms. The van der Waals surface area contributed by atoms with Crippen LogP contribution in [0.2, 0.25) is 0 Å². The number of carbonyl (C=O) groups excluding carboxylic acids is 1. The van der Waals surface area contributed by atoms with Crippen molar-refractivity contribution >= 4 is 21.8 Å². The fourth-order valence-electron chi connectivity index (χ4n) is 1.91. The molecule has 4 nitrogen and oxygen atoms in total. The molecule has 1 amide bonds. The Labute approximate surface area is 102 Å². The van der Waals surface area contributed by atoms with Gasteiger partial charge in [-0.25, -0.2) is 0 Å². The van der Waals surface area contributed by atoms with Gasteiger partial charge in [-0.2, -0.15) is 5.26 Å². The van der Waals surface area contributed by atoms with Gasteiger partial charge in [0.05, 0.1) is 17.9 Å². The number of piperidine rings is 1. The second kappa shape index (κ2) is 4.71. The van der Waals surface area contributed by atoms with Gasteiger partial charge in [-0.15, -0.1) is 0 Å². The summed E-state index contributed by atoms with van der Waals surface area (Å²) in [6, 6.07) is 3.49. The minimum absolute atomic E-state index is 0.133. The Balaban J connectivity index is 2.21. The lowest BCUT2D eigenvalue weighted by molar-refractivity contribution is 0.0668. The molecule has 1 saturated heterocycles. The van der Waals surface area contributed by atoms with Crippen LogP contribution >= 0.6 is 15.9 Å². The molecule has 0 aromatic carbocycles. The Morgan fingerprint density at radius 1 is 1.62 bits per heavy atom. The Morgan fingerprint density at radius 3 is 3.06 bits per heavy atom. The van der Waals surface area contributed by atoms with Crippen LogP contribution in [0.4, 0.5) is 0 Å². The van der Waals surface area contributed by atoms with E-state index in [0.29, 0.717) is 16.8 Å². The van der Waals surface area contributed by atoms with Crippen molar-refractivity contribution in [3.05, 3.63) is 22.6 Å². The molecule has 0 spiro atoms. The molecule has 0 bridgehead atoms. The molecular formula is C11H11BrN2O2. The summed E-state index contributed by atoms with van der Waals surface area (Å²) in [5, 5.41) is 9.00. The number of amides is 1. The second-order valence-electron chi connectivity index (χ2n) is 3.75. The predicted molar refractivity (Wildman–Crippen MR) is 60.7 cm³/mol. The van der Waals surface area contributed by atoms with Crippen LogP contribution in [0.5, 0.6) is 0 Å². The number of carbonyl (C=O) groups is 1. The molecule has 2 heterocycles. The molecule has 0 N–H and O–H groups in total. The van der Waals surface area contributed by atoms with E-state index < -0.39 is 0 Å². The van der Waals surface area contributed by atoms with Crippen LogP contribution in [0.1, 0.15) is 29.6 Å². The Kier molecular flexibility index (Phi) is 3.30. The van der Waals surface area contributed by atoms with Crippen molar-refractivity contribution in [2.24, 2.45) is 0 Å². The van der Waals surface area contributed by atoms with Crippen LogP contribution in [-0.2, 0) is 0 Å². The van der Waals surface area contributed by atoms with E-state index in [0.717, 1.165) is 19.3 Å². The topological polar surface area (TPSA) is 57.2 Å². The van der Waals surface area contributed by atoms with Gasteiger partial charge in [0, 0.05) is 6.54 Å². The van der Waals surface area contributed by atoms with E-state index in [2.05, 4.69) is 22.0 Å². The number of halogens is 1. The highest BCUT2D eigenvalue weighted by molar-refractivity contribution is 9.10. The molecular weight excluding hydrogens is 272 g/mol. The number of furan rings is 1. The molecule has 0 radical (unpaired) electrons. The number of likely N-dealkylation sites (tertiary alicyclic amines) is 1. The molecule has 5 heteroatoms. The number of hydrogen-bond acceptors (Lipinski definition) is 3. The highest BCUT2D eigenvalue weighted by Gasteiger charge is 2.29. The van der Waals surface area contributed by atoms with Crippen LogP contribution in [0.3, 0.4) is 0 Å². The molecule has 1 unspecified atom stereocenters. The summed E-state index contributed by atoms with van der Waals surface area (Å²) in [6.07, 6.45) is 4.19. The van der Waals surface area contributed by atoms with E-state index in [-0.39, 0.29) is 11.9 Å². The zero-order valence-corrected chi connectivity index (χ0v) is 10.2. The summed E-state index contributed by atoms with van der Waals surface area (Å²) in [6.45, 7) is 0.648. The molecule has 1 aliphatic rings. The summed E-state index contributed by atoms with van der Waals surface area (Å²) in [5.41, 5.74) is 0.488.